The molecule has 0 spiro atoms. The van der Waals surface area contributed by atoms with E-state index in [1.54, 1.807) is 6.20 Å². The Morgan fingerprint density at radius 1 is 1.45 bits per heavy atom. The number of hydrogen-bond acceptors (Lipinski definition) is 6. The molecule has 1 amide bonds. The Balaban J connectivity index is 1.85. The molecular formula is C13H12N4OS2. The fourth-order valence-corrected chi connectivity index (χ4v) is 3.45. The minimum Gasteiger partial charge on any atom is -0.397 e. The van der Waals surface area contributed by atoms with Gasteiger partial charge in [0, 0.05) is 22.7 Å². The van der Waals surface area contributed by atoms with Gasteiger partial charge in [-0.1, -0.05) is 0 Å². The molecule has 3 heterocycles. The van der Waals surface area contributed by atoms with Gasteiger partial charge in [-0.3, -0.25) is 4.79 Å². The van der Waals surface area contributed by atoms with Crippen molar-refractivity contribution in [3.8, 4) is 0 Å². The van der Waals surface area contributed by atoms with Gasteiger partial charge < -0.3 is 11.1 Å². The van der Waals surface area contributed by atoms with E-state index < -0.39 is 0 Å². The molecule has 20 heavy (non-hydrogen) atoms. The zero-order chi connectivity index (χ0) is 14.1. The lowest BCUT2D eigenvalue weighted by Gasteiger charge is -2.01. The molecule has 3 rings (SSSR count). The molecule has 0 bridgehead atoms. The van der Waals surface area contributed by atoms with E-state index in [0.717, 1.165) is 20.9 Å². The minimum atomic E-state index is -0.182. The van der Waals surface area contributed by atoms with E-state index in [2.05, 4.69) is 15.3 Å². The number of carbonyl (C=O) groups is 1. The lowest BCUT2D eigenvalue weighted by atomic mass is 10.2. The highest BCUT2D eigenvalue weighted by Gasteiger charge is 2.17. The smallest absolute Gasteiger partial charge is 0.263 e. The molecule has 3 aromatic heterocycles. The lowest BCUT2D eigenvalue weighted by Crippen LogP contribution is -2.22. The third-order valence-electron chi connectivity index (χ3n) is 2.82. The Labute approximate surface area is 123 Å². The maximum atomic E-state index is 12.2. The van der Waals surface area contributed by atoms with Crippen LogP contribution in [0.15, 0.2) is 23.7 Å². The maximum absolute atomic E-state index is 12.2. The molecule has 0 atom stereocenters. The number of rotatable bonds is 3. The molecular weight excluding hydrogens is 292 g/mol. The SMILES string of the molecule is Cc1ccc2c(N)c(C(=O)NCc3nccs3)sc2n1. The summed E-state index contributed by atoms with van der Waals surface area (Å²) >= 11 is 2.82. The summed E-state index contributed by atoms with van der Waals surface area (Å²) in [5.41, 5.74) is 7.44. The van der Waals surface area contributed by atoms with Crippen LogP contribution in [0.5, 0.6) is 0 Å². The number of hydrogen-bond donors (Lipinski definition) is 2. The van der Waals surface area contributed by atoms with E-state index in [-0.39, 0.29) is 5.91 Å². The summed E-state index contributed by atoms with van der Waals surface area (Å²) in [4.78, 5) is 22.0. The third kappa shape index (κ3) is 2.37. The molecule has 0 aliphatic heterocycles. The molecule has 3 N–H and O–H groups in total. The first-order chi connectivity index (χ1) is 9.65. The Kier molecular flexibility index (Phi) is 3.37. The summed E-state index contributed by atoms with van der Waals surface area (Å²) in [6.07, 6.45) is 1.71. The fraction of sp³-hybridized carbons (Fsp3) is 0.154. The van der Waals surface area contributed by atoms with E-state index in [9.17, 15) is 4.79 Å². The molecule has 7 heteroatoms. The number of amides is 1. The van der Waals surface area contributed by atoms with E-state index in [0.29, 0.717) is 17.1 Å². The number of nitrogens with two attached hydrogens (primary N) is 1. The summed E-state index contributed by atoms with van der Waals surface area (Å²) in [7, 11) is 0. The van der Waals surface area contributed by atoms with E-state index in [1.165, 1.54) is 22.7 Å². The first kappa shape index (κ1) is 13.0. The van der Waals surface area contributed by atoms with Crippen LogP contribution in [0.25, 0.3) is 10.2 Å². The van der Waals surface area contributed by atoms with Crippen LogP contribution in [-0.4, -0.2) is 15.9 Å². The van der Waals surface area contributed by atoms with Gasteiger partial charge in [-0.15, -0.1) is 22.7 Å². The van der Waals surface area contributed by atoms with Gasteiger partial charge in [0.1, 0.15) is 14.7 Å². The minimum absolute atomic E-state index is 0.182. The second-order valence-corrected chi connectivity index (χ2v) is 6.24. The topological polar surface area (TPSA) is 80.9 Å². The van der Waals surface area contributed by atoms with Gasteiger partial charge in [-0.25, -0.2) is 9.97 Å². The van der Waals surface area contributed by atoms with Crippen LogP contribution in [0.4, 0.5) is 5.69 Å². The van der Waals surface area contributed by atoms with Crippen LogP contribution in [-0.2, 0) is 6.54 Å². The van der Waals surface area contributed by atoms with E-state index in [1.807, 2.05) is 24.4 Å². The molecule has 0 aliphatic rings. The van der Waals surface area contributed by atoms with Crippen molar-refractivity contribution in [3.63, 3.8) is 0 Å². The summed E-state index contributed by atoms with van der Waals surface area (Å²) < 4.78 is 0. The molecule has 0 unspecified atom stereocenters. The number of aromatic nitrogens is 2. The zero-order valence-corrected chi connectivity index (χ0v) is 12.3. The number of thiazole rings is 1. The maximum Gasteiger partial charge on any atom is 0.263 e. The molecule has 0 saturated carbocycles. The summed E-state index contributed by atoms with van der Waals surface area (Å²) in [5.74, 6) is -0.182. The number of thiophene rings is 1. The van der Waals surface area contributed by atoms with Crippen molar-refractivity contribution in [2.24, 2.45) is 0 Å². The quantitative estimate of drug-likeness (QED) is 0.779. The number of aryl methyl sites for hydroxylation is 1. The highest BCUT2D eigenvalue weighted by Crippen LogP contribution is 2.32. The largest absolute Gasteiger partial charge is 0.397 e. The molecule has 102 valence electrons. The number of pyridine rings is 1. The van der Waals surface area contributed by atoms with Gasteiger partial charge in [-0.2, -0.15) is 0 Å². The van der Waals surface area contributed by atoms with Crippen molar-refractivity contribution in [3.05, 3.63) is 39.3 Å². The van der Waals surface area contributed by atoms with Gasteiger partial charge in [0.2, 0.25) is 0 Å². The van der Waals surface area contributed by atoms with Gasteiger partial charge in [0.15, 0.2) is 0 Å². The van der Waals surface area contributed by atoms with Crippen LogP contribution in [0.2, 0.25) is 0 Å². The Morgan fingerprint density at radius 2 is 2.30 bits per heavy atom. The first-order valence-corrected chi connectivity index (χ1v) is 7.67. The second kappa shape index (κ2) is 5.18. The van der Waals surface area contributed by atoms with Gasteiger partial charge in [0.05, 0.1) is 12.2 Å². The van der Waals surface area contributed by atoms with Crippen LogP contribution in [0, 0.1) is 6.92 Å². The van der Waals surface area contributed by atoms with Crippen molar-refractivity contribution < 1.29 is 4.79 Å². The number of anilines is 1. The standard InChI is InChI=1S/C13H12N4OS2/c1-7-2-3-8-10(14)11(20-13(8)17-7)12(18)16-6-9-15-4-5-19-9/h2-5H,6,14H2,1H3,(H,16,18). The third-order valence-corrected chi connectivity index (χ3v) is 4.72. The molecule has 0 saturated heterocycles. The molecule has 5 nitrogen and oxygen atoms in total. The fourth-order valence-electron chi connectivity index (χ4n) is 1.83. The number of fused-ring (bicyclic) bond motifs is 1. The highest BCUT2D eigenvalue weighted by molar-refractivity contribution is 7.21. The number of nitrogen functional groups attached to an aromatic ring is 1. The lowest BCUT2D eigenvalue weighted by molar-refractivity contribution is 0.0956. The second-order valence-electron chi connectivity index (χ2n) is 4.26. The van der Waals surface area contributed by atoms with E-state index >= 15 is 0 Å². The van der Waals surface area contributed by atoms with Gasteiger partial charge in [0.25, 0.3) is 5.91 Å². The monoisotopic (exact) mass is 304 g/mol. The highest BCUT2D eigenvalue weighted by atomic mass is 32.1. The van der Waals surface area contributed by atoms with Crippen molar-refractivity contribution in [1.82, 2.24) is 15.3 Å². The van der Waals surface area contributed by atoms with Crippen LogP contribution < -0.4 is 11.1 Å². The summed E-state index contributed by atoms with van der Waals surface area (Å²) in [5, 5.41) is 6.41. The Morgan fingerprint density at radius 3 is 3.05 bits per heavy atom. The van der Waals surface area contributed by atoms with Crippen molar-refractivity contribution >= 4 is 44.5 Å². The average Bonchev–Trinajstić information content (AvgIpc) is 3.04. The summed E-state index contributed by atoms with van der Waals surface area (Å²) in [6, 6.07) is 3.80. The van der Waals surface area contributed by atoms with Crippen LogP contribution >= 0.6 is 22.7 Å². The molecule has 0 fully saturated rings. The van der Waals surface area contributed by atoms with Crippen molar-refractivity contribution in [2.45, 2.75) is 13.5 Å². The van der Waals surface area contributed by atoms with Crippen LogP contribution in [0.3, 0.4) is 0 Å². The molecule has 3 aromatic rings. The van der Waals surface area contributed by atoms with Gasteiger partial charge in [-0.05, 0) is 19.1 Å². The zero-order valence-electron chi connectivity index (χ0n) is 10.7. The summed E-state index contributed by atoms with van der Waals surface area (Å²) in [6.45, 7) is 2.33. The van der Waals surface area contributed by atoms with E-state index in [4.69, 9.17) is 5.73 Å². The first-order valence-electron chi connectivity index (χ1n) is 5.97. The number of nitrogens with one attached hydrogen (secondary N) is 1. The van der Waals surface area contributed by atoms with Gasteiger partial charge >= 0.3 is 0 Å². The molecule has 0 aromatic carbocycles. The Bertz CT molecular complexity index is 764. The Hall–Kier alpha value is -1.99. The molecule has 0 radical (unpaired) electrons. The number of nitrogens with zero attached hydrogens (tertiary/aromatic N) is 2. The predicted octanol–water partition coefficient (Wildman–Crippen LogP) is 2.57. The normalized spacial score (nSPS) is 10.8. The van der Waals surface area contributed by atoms with Crippen LogP contribution in [0.1, 0.15) is 20.4 Å². The van der Waals surface area contributed by atoms with Crippen molar-refractivity contribution in [1.29, 1.82) is 0 Å². The number of carbonyl (C=O) groups excluding carboxylic acids is 1. The van der Waals surface area contributed by atoms with Crippen molar-refractivity contribution in [2.75, 3.05) is 5.73 Å². The average molecular weight is 304 g/mol. The predicted molar refractivity (Wildman–Crippen MR) is 82.1 cm³/mol. The molecule has 0 aliphatic carbocycles.